The zero-order valence-electron chi connectivity index (χ0n) is 16.1. The van der Waals surface area contributed by atoms with E-state index in [0.717, 1.165) is 33.6 Å². The highest BCUT2D eigenvalue weighted by atomic mass is 16.5. The van der Waals surface area contributed by atoms with Crippen LogP contribution in [0.4, 0.5) is 11.4 Å². The summed E-state index contributed by atoms with van der Waals surface area (Å²) in [6, 6.07) is 15.4. The van der Waals surface area contributed by atoms with Gasteiger partial charge in [-0.2, -0.15) is 0 Å². The molecular formula is C22H23N3O4. The van der Waals surface area contributed by atoms with Crippen molar-refractivity contribution in [2.45, 2.75) is 18.3 Å². The van der Waals surface area contributed by atoms with Gasteiger partial charge in [-0.3, -0.25) is 15.0 Å². The lowest BCUT2D eigenvalue weighted by Crippen LogP contribution is -2.47. The number of nitrogens with zero attached hydrogens (tertiary/aromatic N) is 1. The predicted octanol–water partition coefficient (Wildman–Crippen LogP) is 3.54. The summed E-state index contributed by atoms with van der Waals surface area (Å²) in [5.41, 5.74) is 4.58. The summed E-state index contributed by atoms with van der Waals surface area (Å²) in [7, 11) is 1.63. The second-order valence-corrected chi connectivity index (χ2v) is 7.08. The van der Waals surface area contributed by atoms with Gasteiger partial charge in [0.15, 0.2) is 0 Å². The standard InChI is InChI=1S/C22H23N3O4/c1-28-17-6-7-18-19(8-11-23-20(18)14-17)24-16-4-2-15(3-5-16)22(21(26)25-27)9-12-29-13-10-22/h2-8,11,14,27H,9-10,12-13H2,1H3,(H,23,24)(H,25,26). The van der Waals surface area contributed by atoms with Crippen LogP contribution in [0.2, 0.25) is 0 Å². The molecule has 0 spiro atoms. The van der Waals surface area contributed by atoms with E-state index in [1.54, 1.807) is 13.3 Å². The largest absolute Gasteiger partial charge is 0.497 e. The van der Waals surface area contributed by atoms with Gasteiger partial charge in [-0.15, -0.1) is 0 Å². The van der Waals surface area contributed by atoms with Crippen LogP contribution in [0.25, 0.3) is 10.9 Å². The summed E-state index contributed by atoms with van der Waals surface area (Å²) in [6.07, 6.45) is 2.81. The number of carbonyl (C=O) groups excluding carboxylic acids is 1. The third-order valence-electron chi connectivity index (χ3n) is 5.55. The molecule has 0 bridgehead atoms. The number of methoxy groups -OCH3 is 1. The summed E-state index contributed by atoms with van der Waals surface area (Å²) in [5, 5.41) is 13.6. The number of carbonyl (C=O) groups is 1. The van der Waals surface area contributed by atoms with Gasteiger partial charge in [0, 0.05) is 42.2 Å². The van der Waals surface area contributed by atoms with E-state index < -0.39 is 11.3 Å². The normalized spacial score (nSPS) is 15.7. The van der Waals surface area contributed by atoms with Crippen molar-refractivity contribution < 1.29 is 19.5 Å². The molecule has 0 saturated carbocycles. The number of hydroxylamine groups is 1. The van der Waals surface area contributed by atoms with E-state index in [1.165, 1.54) is 0 Å². The Labute approximate surface area is 168 Å². The Balaban J connectivity index is 1.62. The molecule has 150 valence electrons. The van der Waals surface area contributed by atoms with Crippen LogP contribution in [0, 0.1) is 0 Å². The lowest BCUT2D eigenvalue weighted by Gasteiger charge is -2.35. The predicted molar refractivity (Wildman–Crippen MR) is 110 cm³/mol. The molecule has 29 heavy (non-hydrogen) atoms. The van der Waals surface area contributed by atoms with E-state index in [0.29, 0.717) is 26.1 Å². The SMILES string of the molecule is COc1ccc2c(Nc3ccc(C4(C(=O)NO)CCOCC4)cc3)ccnc2c1. The van der Waals surface area contributed by atoms with Crippen molar-refractivity contribution >= 4 is 28.2 Å². The number of ether oxygens (including phenoxy) is 2. The zero-order chi connectivity index (χ0) is 20.3. The van der Waals surface area contributed by atoms with Gasteiger partial charge in [0.25, 0.3) is 5.91 Å². The average Bonchev–Trinajstić information content (AvgIpc) is 2.79. The van der Waals surface area contributed by atoms with Crippen LogP contribution in [0.3, 0.4) is 0 Å². The fourth-order valence-electron chi connectivity index (χ4n) is 3.87. The zero-order valence-corrected chi connectivity index (χ0v) is 16.1. The molecule has 1 fully saturated rings. The molecule has 2 aromatic carbocycles. The van der Waals surface area contributed by atoms with Gasteiger partial charge in [-0.25, -0.2) is 5.48 Å². The first-order valence-corrected chi connectivity index (χ1v) is 9.49. The van der Waals surface area contributed by atoms with Crippen molar-refractivity contribution in [1.29, 1.82) is 0 Å². The Bertz CT molecular complexity index is 1010. The van der Waals surface area contributed by atoms with E-state index in [9.17, 15) is 10.0 Å². The van der Waals surface area contributed by atoms with Crippen LogP contribution < -0.4 is 15.5 Å². The highest BCUT2D eigenvalue weighted by molar-refractivity contribution is 5.93. The number of benzene rings is 2. The monoisotopic (exact) mass is 393 g/mol. The maximum atomic E-state index is 12.4. The smallest absolute Gasteiger partial charge is 0.254 e. The van der Waals surface area contributed by atoms with Crippen molar-refractivity contribution in [3.8, 4) is 5.75 Å². The van der Waals surface area contributed by atoms with Crippen LogP contribution in [-0.4, -0.2) is 36.4 Å². The first-order chi connectivity index (χ1) is 14.2. The van der Waals surface area contributed by atoms with Crippen LogP contribution in [0.5, 0.6) is 5.75 Å². The number of hydrogen-bond acceptors (Lipinski definition) is 6. The molecule has 0 atom stereocenters. The summed E-state index contributed by atoms with van der Waals surface area (Å²) in [4.78, 5) is 16.8. The summed E-state index contributed by atoms with van der Waals surface area (Å²) >= 11 is 0. The second kappa shape index (κ2) is 8.06. The summed E-state index contributed by atoms with van der Waals surface area (Å²) < 4.78 is 10.7. The number of anilines is 2. The number of rotatable bonds is 5. The number of hydrogen-bond donors (Lipinski definition) is 3. The maximum absolute atomic E-state index is 12.4. The molecule has 1 aromatic heterocycles. The molecule has 0 unspecified atom stereocenters. The summed E-state index contributed by atoms with van der Waals surface area (Å²) in [6.45, 7) is 0.972. The highest BCUT2D eigenvalue weighted by Crippen LogP contribution is 2.36. The minimum Gasteiger partial charge on any atom is -0.497 e. The van der Waals surface area contributed by atoms with Crippen molar-refractivity contribution in [3.05, 3.63) is 60.3 Å². The van der Waals surface area contributed by atoms with Crippen molar-refractivity contribution in [1.82, 2.24) is 10.5 Å². The van der Waals surface area contributed by atoms with Gasteiger partial charge in [-0.05, 0) is 48.7 Å². The number of nitrogens with one attached hydrogen (secondary N) is 2. The molecule has 0 aliphatic carbocycles. The van der Waals surface area contributed by atoms with Gasteiger partial charge >= 0.3 is 0 Å². The molecule has 3 N–H and O–H groups in total. The molecule has 1 saturated heterocycles. The fraction of sp³-hybridized carbons (Fsp3) is 0.273. The minimum absolute atomic E-state index is 0.393. The van der Waals surface area contributed by atoms with Gasteiger partial charge < -0.3 is 14.8 Å². The van der Waals surface area contributed by atoms with Crippen LogP contribution in [-0.2, 0) is 14.9 Å². The molecule has 3 aromatic rings. The topological polar surface area (TPSA) is 92.7 Å². The Kier molecular flexibility index (Phi) is 5.33. The van der Waals surface area contributed by atoms with Gasteiger partial charge in [-0.1, -0.05) is 12.1 Å². The second-order valence-electron chi connectivity index (χ2n) is 7.08. The summed E-state index contributed by atoms with van der Waals surface area (Å²) in [5.74, 6) is 0.367. The fourth-order valence-corrected chi connectivity index (χ4v) is 3.87. The van der Waals surface area contributed by atoms with Crippen molar-refractivity contribution in [2.24, 2.45) is 0 Å². The number of aromatic nitrogens is 1. The molecule has 2 heterocycles. The van der Waals surface area contributed by atoms with Gasteiger partial charge in [0.05, 0.1) is 18.0 Å². The molecule has 7 nitrogen and oxygen atoms in total. The number of pyridine rings is 1. The van der Waals surface area contributed by atoms with E-state index in [-0.39, 0.29) is 0 Å². The van der Waals surface area contributed by atoms with Crippen molar-refractivity contribution in [2.75, 3.05) is 25.6 Å². The van der Waals surface area contributed by atoms with Gasteiger partial charge in [0.2, 0.25) is 0 Å². The minimum atomic E-state index is -0.772. The lowest BCUT2D eigenvalue weighted by atomic mass is 9.73. The van der Waals surface area contributed by atoms with Crippen molar-refractivity contribution in [3.63, 3.8) is 0 Å². The Morgan fingerprint density at radius 2 is 1.90 bits per heavy atom. The molecule has 4 rings (SSSR count). The molecule has 7 heteroatoms. The van der Waals surface area contributed by atoms with E-state index in [2.05, 4.69) is 10.3 Å². The number of amides is 1. The lowest BCUT2D eigenvalue weighted by molar-refractivity contribution is -0.139. The van der Waals surface area contributed by atoms with E-state index in [1.807, 2.05) is 54.0 Å². The highest BCUT2D eigenvalue weighted by Gasteiger charge is 2.41. The van der Waals surface area contributed by atoms with Crippen LogP contribution >= 0.6 is 0 Å². The molecule has 1 amide bonds. The van der Waals surface area contributed by atoms with Gasteiger partial charge in [0.1, 0.15) is 5.75 Å². The first kappa shape index (κ1) is 19.2. The third kappa shape index (κ3) is 3.62. The molecule has 0 radical (unpaired) electrons. The maximum Gasteiger partial charge on any atom is 0.254 e. The van der Waals surface area contributed by atoms with Crippen LogP contribution in [0.1, 0.15) is 18.4 Å². The van der Waals surface area contributed by atoms with E-state index >= 15 is 0 Å². The van der Waals surface area contributed by atoms with E-state index in [4.69, 9.17) is 9.47 Å². The van der Waals surface area contributed by atoms with Crippen LogP contribution in [0.15, 0.2) is 54.7 Å². The quantitative estimate of drug-likeness (QED) is 0.454. The number of fused-ring (bicyclic) bond motifs is 1. The molecule has 1 aliphatic rings. The Morgan fingerprint density at radius 3 is 2.59 bits per heavy atom. The first-order valence-electron chi connectivity index (χ1n) is 9.49. The molecule has 1 aliphatic heterocycles. The Hall–Kier alpha value is -3.16. The third-order valence-corrected chi connectivity index (χ3v) is 5.55. The Morgan fingerprint density at radius 1 is 1.14 bits per heavy atom. The molecular weight excluding hydrogens is 370 g/mol. The average molecular weight is 393 g/mol.